The smallest absolute Gasteiger partial charge is 0.158 e. The third kappa shape index (κ3) is 4.51. The largest absolute Gasteiger partial charge is 0.493 e. The van der Waals surface area contributed by atoms with Crippen molar-refractivity contribution < 1.29 is 13.2 Å². The lowest BCUT2D eigenvalue weighted by molar-refractivity contribution is 0.339. The first-order chi connectivity index (χ1) is 8.63. The molecule has 4 nitrogen and oxygen atoms in total. The molecule has 0 bridgehead atoms. The molecule has 2 N–H and O–H groups in total. The van der Waals surface area contributed by atoms with Gasteiger partial charge >= 0.3 is 0 Å². The Morgan fingerprint density at radius 2 is 1.95 bits per heavy atom. The molecular formula is C14H23NO3S. The number of benzene rings is 1. The second-order valence-electron chi connectivity index (χ2n) is 5.64. The zero-order valence-corrected chi connectivity index (χ0v) is 12.8. The highest BCUT2D eigenvalue weighted by atomic mass is 32.2. The predicted molar refractivity (Wildman–Crippen MR) is 78.1 cm³/mol. The highest BCUT2D eigenvalue weighted by molar-refractivity contribution is 7.92. The van der Waals surface area contributed by atoms with E-state index in [0.717, 1.165) is 5.56 Å². The Morgan fingerprint density at radius 3 is 2.47 bits per heavy atom. The average molecular weight is 285 g/mol. The van der Waals surface area contributed by atoms with Crippen molar-refractivity contribution in [2.75, 3.05) is 12.4 Å². The molecule has 1 aromatic rings. The molecule has 1 rings (SSSR count). The molecule has 0 spiro atoms. The van der Waals surface area contributed by atoms with Crippen molar-refractivity contribution >= 4 is 9.84 Å². The first-order valence-electron chi connectivity index (χ1n) is 6.34. The molecule has 108 valence electrons. The molecule has 0 aliphatic carbocycles. The summed E-state index contributed by atoms with van der Waals surface area (Å²) in [6.07, 6.45) is 0. The van der Waals surface area contributed by atoms with Gasteiger partial charge in [0.15, 0.2) is 9.84 Å². The van der Waals surface area contributed by atoms with Crippen LogP contribution in [-0.4, -0.2) is 25.5 Å². The molecule has 0 amide bonds. The van der Waals surface area contributed by atoms with Gasteiger partial charge in [-0.25, -0.2) is 8.42 Å². The van der Waals surface area contributed by atoms with E-state index in [2.05, 4.69) is 0 Å². The predicted octanol–water partition coefficient (Wildman–Crippen LogP) is 2.30. The van der Waals surface area contributed by atoms with Gasteiger partial charge in [-0.05, 0) is 45.4 Å². The monoisotopic (exact) mass is 285 g/mol. The molecule has 0 saturated heterocycles. The number of hydrogen-bond acceptors (Lipinski definition) is 4. The number of sulfone groups is 1. The second-order valence-corrected chi connectivity index (χ2v) is 8.50. The summed E-state index contributed by atoms with van der Waals surface area (Å²) < 4.78 is 28.6. The Labute approximate surface area is 115 Å². The highest BCUT2D eigenvalue weighted by Crippen LogP contribution is 2.19. The van der Waals surface area contributed by atoms with Gasteiger partial charge in [-0.3, -0.25) is 0 Å². The molecule has 0 radical (unpaired) electrons. The topological polar surface area (TPSA) is 69.4 Å². The summed E-state index contributed by atoms with van der Waals surface area (Å²) in [4.78, 5) is 0. The lowest BCUT2D eigenvalue weighted by Crippen LogP contribution is -2.32. The van der Waals surface area contributed by atoms with E-state index in [1.807, 2.05) is 25.1 Å². The summed E-state index contributed by atoms with van der Waals surface area (Å²) >= 11 is 0. The second kappa shape index (κ2) is 5.92. The van der Waals surface area contributed by atoms with Crippen LogP contribution in [0.2, 0.25) is 0 Å². The van der Waals surface area contributed by atoms with E-state index in [1.165, 1.54) is 0 Å². The summed E-state index contributed by atoms with van der Waals surface area (Å²) in [6, 6.07) is 7.35. The van der Waals surface area contributed by atoms with Crippen LogP contribution in [0.5, 0.6) is 5.75 Å². The molecule has 0 aliphatic rings. The third-order valence-electron chi connectivity index (χ3n) is 2.94. The minimum absolute atomic E-state index is 0.0128. The van der Waals surface area contributed by atoms with Crippen LogP contribution in [0.25, 0.3) is 0 Å². The van der Waals surface area contributed by atoms with Gasteiger partial charge in [-0.2, -0.15) is 0 Å². The van der Waals surface area contributed by atoms with Crippen LogP contribution in [0.3, 0.4) is 0 Å². The maximum Gasteiger partial charge on any atom is 0.158 e. The van der Waals surface area contributed by atoms with Crippen LogP contribution in [0.1, 0.15) is 39.3 Å². The summed E-state index contributed by atoms with van der Waals surface area (Å²) in [5, 5.41) is 0. The number of rotatable bonds is 5. The van der Waals surface area contributed by atoms with E-state index in [1.54, 1.807) is 26.8 Å². The van der Waals surface area contributed by atoms with E-state index >= 15 is 0 Å². The van der Waals surface area contributed by atoms with Gasteiger partial charge in [0.1, 0.15) is 12.4 Å². The van der Waals surface area contributed by atoms with E-state index < -0.39 is 14.6 Å². The van der Waals surface area contributed by atoms with Crippen molar-refractivity contribution in [3.8, 4) is 5.75 Å². The van der Waals surface area contributed by atoms with Crippen molar-refractivity contribution in [2.24, 2.45) is 5.73 Å². The summed E-state index contributed by atoms with van der Waals surface area (Å²) in [7, 11) is -3.14. The molecule has 19 heavy (non-hydrogen) atoms. The van der Waals surface area contributed by atoms with Gasteiger partial charge in [-0.1, -0.05) is 12.1 Å². The standard InChI is InChI=1S/C14H23NO3S/c1-11(15)12-6-5-7-13(10-12)18-8-9-19(16,17)14(2,3)4/h5-7,10-11H,8-9,15H2,1-4H3. The Bertz CT molecular complexity index is 516. The fraction of sp³-hybridized carbons (Fsp3) is 0.571. The SMILES string of the molecule is CC(N)c1cccc(OCCS(=O)(=O)C(C)(C)C)c1. The molecule has 0 saturated carbocycles. The number of ether oxygens (including phenoxy) is 1. The fourth-order valence-electron chi connectivity index (χ4n) is 1.46. The minimum atomic E-state index is -3.14. The van der Waals surface area contributed by atoms with Gasteiger partial charge in [0.05, 0.1) is 10.5 Å². The van der Waals surface area contributed by atoms with Gasteiger partial charge in [-0.15, -0.1) is 0 Å². The molecule has 1 unspecified atom stereocenters. The maximum absolute atomic E-state index is 11.9. The quantitative estimate of drug-likeness (QED) is 0.901. The van der Waals surface area contributed by atoms with Crippen LogP contribution in [-0.2, 0) is 9.84 Å². The molecule has 1 aromatic carbocycles. The van der Waals surface area contributed by atoms with Crippen LogP contribution in [0.4, 0.5) is 0 Å². The lowest BCUT2D eigenvalue weighted by atomic mass is 10.1. The summed E-state index contributed by atoms with van der Waals surface area (Å²) in [5.74, 6) is 0.665. The van der Waals surface area contributed by atoms with E-state index in [-0.39, 0.29) is 18.4 Å². The van der Waals surface area contributed by atoms with Crippen molar-refractivity contribution in [3.05, 3.63) is 29.8 Å². The fourth-order valence-corrected chi connectivity index (χ4v) is 2.38. The molecule has 1 atom stereocenters. The molecule has 0 aromatic heterocycles. The lowest BCUT2D eigenvalue weighted by Gasteiger charge is -2.19. The molecule has 0 heterocycles. The maximum atomic E-state index is 11.9. The van der Waals surface area contributed by atoms with E-state index in [9.17, 15) is 8.42 Å². The Hall–Kier alpha value is -1.07. The van der Waals surface area contributed by atoms with Crippen molar-refractivity contribution in [1.29, 1.82) is 0 Å². The molecule has 5 heteroatoms. The molecule has 0 aliphatic heterocycles. The highest BCUT2D eigenvalue weighted by Gasteiger charge is 2.28. The van der Waals surface area contributed by atoms with E-state index in [0.29, 0.717) is 5.75 Å². The first-order valence-corrected chi connectivity index (χ1v) is 7.99. The van der Waals surface area contributed by atoms with Crippen LogP contribution >= 0.6 is 0 Å². The normalized spacial score (nSPS) is 14.2. The molecule has 0 fully saturated rings. The van der Waals surface area contributed by atoms with Crippen molar-refractivity contribution in [2.45, 2.75) is 38.5 Å². The zero-order valence-electron chi connectivity index (χ0n) is 12.0. The van der Waals surface area contributed by atoms with E-state index in [4.69, 9.17) is 10.5 Å². The number of nitrogens with two attached hydrogens (primary N) is 1. The van der Waals surface area contributed by atoms with Crippen LogP contribution in [0.15, 0.2) is 24.3 Å². The summed E-state index contributed by atoms with van der Waals surface area (Å²) in [6.45, 7) is 7.13. The molecular weight excluding hydrogens is 262 g/mol. The van der Waals surface area contributed by atoms with Gasteiger partial charge in [0.25, 0.3) is 0 Å². The average Bonchev–Trinajstić information content (AvgIpc) is 2.27. The Kier molecular flexibility index (Phi) is 4.98. The zero-order chi connectivity index (χ0) is 14.7. The third-order valence-corrected chi connectivity index (χ3v) is 5.51. The van der Waals surface area contributed by atoms with Crippen molar-refractivity contribution in [1.82, 2.24) is 0 Å². The first kappa shape index (κ1) is 16.0. The van der Waals surface area contributed by atoms with Crippen LogP contribution < -0.4 is 10.5 Å². The van der Waals surface area contributed by atoms with Crippen molar-refractivity contribution in [3.63, 3.8) is 0 Å². The summed E-state index contributed by atoms with van der Waals surface area (Å²) in [5.41, 5.74) is 6.75. The van der Waals surface area contributed by atoms with Gasteiger partial charge in [0, 0.05) is 6.04 Å². The minimum Gasteiger partial charge on any atom is -0.493 e. The van der Waals surface area contributed by atoms with Gasteiger partial charge < -0.3 is 10.5 Å². The number of hydrogen-bond donors (Lipinski definition) is 1. The van der Waals surface area contributed by atoms with Crippen LogP contribution in [0, 0.1) is 0 Å². The van der Waals surface area contributed by atoms with Gasteiger partial charge in [0.2, 0.25) is 0 Å². The Morgan fingerprint density at radius 1 is 1.32 bits per heavy atom. The Balaban J connectivity index is 2.62.